The smallest absolute Gasteiger partial charge is 0.225 e. The molecule has 3 heteroatoms. The van der Waals surface area contributed by atoms with E-state index in [4.69, 9.17) is 5.73 Å². The summed E-state index contributed by atoms with van der Waals surface area (Å²) in [7, 11) is 0. The molecule has 2 aromatic rings. The van der Waals surface area contributed by atoms with Crippen LogP contribution in [0.3, 0.4) is 0 Å². The standard InChI is InChI=1S/C24H32N2O/c1-3-9-19-12-14-20(15-13-19)23(24(25)27)18(2)21-10-5-6-11-22(21)26-16-7-4-8-17-26/h5-6,10-15,18,23H,3-4,7-9,16-17H2,1-2H3,(H2,25,27). The highest BCUT2D eigenvalue weighted by atomic mass is 16.1. The predicted octanol–water partition coefficient (Wildman–Crippen LogP) is 5.00. The number of primary amides is 1. The van der Waals surface area contributed by atoms with Crippen molar-refractivity contribution < 1.29 is 4.79 Å². The number of aryl methyl sites for hydroxylation is 1. The fourth-order valence-electron chi connectivity index (χ4n) is 4.35. The zero-order chi connectivity index (χ0) is 19.2. The molecule has 0 radical (unpaired) electrons. The molecule has 2 atom stereocenters. The molecule has 0 aliphatic carbocycles. The second-order valence-corrected chi connectivity index (χ2v) is 7.77. The van der Waals surface area contributed by atoms with Gasteiger partial charge in [-0.2, -0.15) is 0 Å². The van der Waals surface area contributed by atoms with Crippen LogP contribution in [0.5, 0.6) is 0 Å². The molecule has 1 aliphatic heterocycles. The van der Waals surface area contributed by atoms with Crippen molar-refractivity contribution in [3.63, 3.8) is 0 Å². The minimum atomic E-state index is -0.313. The lowest BCUT2D eigenvalue weighted by Gasteiger charge is -2.33. The van der Waals surface area contributed by atoms with E-state index in [1.54, 1.807) is 0 Å². The lowest BCUT2D eigenvalue weighted by molar-refractivity contribution is -0.119. The van der Waals surface area contributed by atoms with Crippen LogP contribution in [0.25, 0.3) is 0 Å². The number of anilines is 1. The number of piperidine rings is 1. The molecule has 1 amide bonds. The maximum atomic E-state index is 12.4. The highest BCUT2D eigenvalue weighted by Crippen LogP contribution is 2.38. The first-order valence-electron chi connectivity index (χ1n) is 10.3. The third-order valence-electron chi connectivity index (χ3n) is 5.81. The zero-order valence-corrected chi connectivity index (χ0v) is 16.7. The number of hydrogen-bond donors (Lipinski definition) is 1. The number of rotatable bonds is 7. The summed E-state index contributed by atoms with van der Waals surface area (Å²) in [6.45, 7) is 6.51. The van der Waals surface area contributed by atoms with Gasteiger partial charge in [0, 0.05) is 18.8 Å². The molecule has 3 rings (SSSR count). The Morgan fingerprint density at radius 2 is 1.70 bits per heavy atom. The van der Waals surface area contributed by atoms with Crippen molar-refractivity contribution in [3.05, 3.63) is 65.2 Å². The van der Waals surface area contributed by atoms with Crippen molar-refractivity contribution in [1.82, 2.24) is 0 Å². The van der Waals surface area contributed by atoms with Crippen molar-refractivity contribution in [2.24, 2.45) is 5.73 Å². The average molecular weight is 365 g/mol. The SMILES string of the molecule is CCCc1ccc(C(C(N)=O)C(C)c2ccccc2N2CCCCC2)cc1. The summed E-state index contributed by atoms with van der Waals surface area (Å²) in [5.74, 6) is -0.525. The van der Waals surface area contributed by atoms with E-state index < -0.39 is 0 Å². The molecule has 2 N–H and O–H groups in total. The summed E-state index contributed by atoms with van der Waals surface area (Å²) in [6, 6.07) is 17.0. The van der Waals surface area contributed by atoms with Gasteiger partial charge in [0.05, 0.1) is 5.92 Å². The monoisotopic (exact) mass is 364 g/mol. The fraction of sp³-hybridized carbons (Fsp3) is 0.458. The van der Waals surface area contributed by atoms with Gasteiger partial charge in [0.15, 0.2) is 0 Å². The molecule has 27 heavy (non-hydrogen) atoms. The lowest BCUT2D eigenvalue weighted by Crippen LogP contribution is -2.32. The normalized spacial score (nSPS) is 16.7. The van der Waals surface area contributed by atoms with Crippen LogP contribution in [0.2, 0.25) is 0 Å². The quantitative estimate of drug-likeness (QED) is 0.751. The van der Waals surface area contributed by atoms with E-state index in [-0.39, 0.29) is 17.7 Å². The summed E-state index contributed by atoms with van der Waals surface area (Å²) in [4.78, 5) is 14.9. The summed E-state index contributed by atoms with van der Waals surface area (Å²) in [5.41, 5.74) is 10.7. The van der Waals surface area contributed by atoms with Gasteiger partial charge in [-0.25, -0.2) is 0 Å². The van der Waals surface area contributed by atoms with Crippen molar-refractivity contribution in [1.29, 1.82) is 0 Å². The number of para-hydroxylation sites is 1. The maximum Gasteiger partial charge on any atom is 0.225 e. The number of hydrogen-bond acceptors (Lipinski definition) is 2. The van der Waals surface area contributed by atoms with Gasteiger partial charge in [-0.1, -0.05) is 62.7 Å². The van der Waals surface area contributed by atoms with Crippen LogP contribution < -0.4 is 10.6 Å². The van der Waals surface area contributed by atoms with Crippen LogP contribution >= 0.6 is 0 Å². The molecule has 1 fully saturated rings. The molecule has 3 nitrogen and oxygen atoms in total. The number of nitrogens with zero attached hydrogens (tertiary/aromatic N) is 1. The van der Waals surface area contributed by atoms with E-state index >= 15 is 0 Å². The Balaban J connectivity index is 1.91. The summed E-state index contributed by atoms with van der Waals surface area (Å²) < 4.78 is 0. The Labute approximate surface area is 163 Å². The molecule has 0 aromatic heterocycles. The first kappa shape index (κ1) is 19.5. The Bertz CT molecular complexity index is 747. The van der Waals surface area contributed by atoms with Crippen molar-refractivity contribution in [2.75, 3.05) is 18.0 Å². The lowest BCUT2D eigenvalue weighted by atomic mass is 9.81. The van der Waals surface area contributed by atoms with E-state index in [1.807, 2.05) is 0 Å². The number of carbonyl (C=O) groups excluding carboxylic acids is 1. The minimum Gasteiger partial charge on any atom is -0.371 e. The van der Waals surface area contributed by atoms with Crippen molar-refractivity contribution >= 4 is 11.6 Å². The Morgan fingerprint density at radius 3 is 2.33 bits per heavy atom. The highest BCUT2D eigenvalue weighted by Gasteiger charge is 2.29. The molecule has 1 heterocycles. The second-order valence-electron chi connectivity index (χ2n) is 7.77. The van der Waals surface area contributed by atoms with Crippen molar-refractivity contribution in [2.45, 2.75) is 57.8 Å². The van der Waals surface area contributed by atoms with E-state index in [0.29, 0.717) is 0 Å². The molecular formula is C24H32N2O. The summed E-state index contributed by atoms with van der Waals surface area (Å²) >= 11 is 0. The minimum absolute atomic E-state index is 0.0395. The number of carbonyl (C=O) groups is 1. The fourth-order valence-corrected chi connectivity index (χ4v) is 4.35. The molecule has 1 saturated heterocycles. The molecule has 0 bridgehead atoms. The van der Waals surface area contributed by atoms with E-state index in [1.165, 1.54) is 36.1 Å². The van der Waals surface area contributed by atoms with Gasteiger partial charge in [-0.15, -0.1) is 0 Å². The van der Waals surface area contributed by atoms with Gasteiger partial charge < -0.3 is 10.6 Å². The molecule has 0 saturated carbocycles. The van der Waals surface area contributed by atoms with Crippen LogP contribution in [-0.2, 0) is 11.2 Å². The van der Waals surface area contributed by atoms with Crippen LogP contribution in [0, 0.1) is 0 Å². The summed E-state index contributed by atoms with van der Waals surface area (Å²) in [5, 5.41) is 0. The molecule has 2 aromatic carbocycles. The van der Waals surface area contributed by atoms with Gasteiger partial charge in [0.25, 0.3) is 0 Å². The largest absolute Gasteiger partial charge is 0.371 e. The third-order valence-corrected chi connectivity index (χ3v) is 5.81. The number of amides is 1. The Kier molecular flexibility index (Phi) is 6.54. The van der Waals surface area contributed by atoms with Crippen LogP contribution in [0.4, 0.5) is 5.69 Å². The first-order valence-corrected chi connectivity index (χ1v) is 10.3. The van der Waals surface area contributed by atoms with Gasteiger partial charge >= 0.3 is 0 Å². The average Bonchev–Trinajstić information content (AvgIpc) is 2.70. The first-order chi connectivity index (χ1) is 13.1. The Hall–Kier alpha value is -2.29. The predicted molar refractivity (Wildman–Crippen MR) is 113 cm³/mol. The van der Waals surface area contributed by atoms with Gasteiger partial charge in [0.1, 0.15) is 0 Å². The molecule has 0 spiro atoms. The topological polar surface area (TPSA) is 46.3 Å². The zero-order valence-electron chi connectivity index (χ0n) is 16.7. The van der Waals surface area contributed by atoms with Crippen LogP contribution in [0.15, 0.2) is 48.5 Å². The van der Waals surface area contributed by atoms with Gasteiger partial charge in [-0.05, 0) is 54.4 Å². The second kappa shape index (κ2) is 9.07. The maximum absolute atomic E-state index is 12.4. The number of nitrogens with two attached hydrogens (primary N) is 1. The molecular weight excluding hydrogens is 332 g/mol. The Morgan fingerprint density at radius 1 is 1.04 bits per heavy atom. The van der Waals surface area contributed by atoms with E-state index in [9.17, 15) is 4.79 Å². The van der Waals surface area contributed by atoms with Crippen LogP contribution in [0.1, 0.15) is 68.1 Å². The number of benzene rings is 2. The van der Waals surface area contributed by atoms with Gasteiger partial charge in [0.2, 0.25) is 5.91 Å². The third kappa shape index (κ3) is 4.52. The highest BCUT2D eigenvalue weighted by molar-refractivity contribution is 5.83. The molecule has 144 valence electrons. The van der Waals surface area contributed by atoms with Crippen molar-refractivity contribution in [3.8, 4) is 0 Å². The van der Waals surface area contributed by atoms with E-state index in [2.05, 4.69) is 67.3 Å². The van der Waals surface area contributed by atoms with E-state index in [0.717, 1.165) is 31.5 Å². The molecule has 2 unspecified atom stereocenters. The molecule has 1 aliphatic rings. The van der Waals surface area contributed by atoms with Gasteiger partial charge in [-0.3, -0.25) is 4.79 Å². The van der Waals surface area contributed by atoms with Crippen LogP contribution in [-0.4, -0.2) is 19.0 Å². The summed E-state index contributed by atoms with van der Waals surface area (Å²) in [6.07, 6.45) is 5.97.